The van der Waals surface area contributed by atoms with Crippen LogP contribution in [0, 0.1) is 5.92 Å². The summed E-state index contributed by atoms with van der Waals surface area (Å²) in [4.78, 5) is 19.8. The van der Waals surface area contributed by atoms with Crippen LogP contribution >= 0.6 is 11.6 Å². The number of aromatic nitrogens is 3. The molecule has 1 amide bonds. The van der Waals surface area contributed by atoms with Crippen LogP contribution < -0.4 is 10.6 Å². The number of fused-ring (bicyclic) bond motifs is 1. The number of halogens is 1. The zero-order valence-corrected chi connectivity index (χ0v) is 21.8. The molecule has 1 aliphatic heterocycles. The number of carbonyl (C=O) groups is 1. The van der Waals surface area contributed by atoms with Gasteiger partial charge >= 0.3 is 0 Å². The monoisotopic (exact) mass is 509 g/mol. The molecule has 0 atom stereocenters. The number of hydrogen-bond acceptors (Lipinski definition) is 7. The molecule has 36 heavy (non-hydrogen) atoms. The Morgan fingerprint density at radius 2 is 2.11 bits per heavy atom. The van der Waals surface area contributed by atoms with Crippen molar-refractivity contribution in [3.63, 3.8) is 0 Å². The second kappa shape index (κ2) is 11.6. The first-order chi connectivity index (χ1) is 17.3. The molecule has 2 aromatic carbocycles. The number of anilines is 2. The number of likely N-dealkylation sites (N-methyl/N-ethyl adjacent to an activating group) is 1. The van der Waals surface area contributed by atoms with Crippen LogP contribution in [0.4, 0.5) is 17.1 Å². The third kappa shape index (κ3) is 6.29. The van der Waals surface area contributed by atoms with Crippen LogP contribution in [0.2, 0.25) is 5.02 Å². The fraction of sp³-hybridized carbons (Fsp3) is 0.385. The molecular weight excluding hydrogens is 478 g/mol. The van der Waals surface area contributed by atoms with E-state index in [1.165, 1.54) is 0 Å². The van der Waals surface area contributed by atoms with Crippen molar-refractivity contribution in [3.8, 4) is 5.69 Å². The summed E-state index contributed by atoms with van der Waals surface area (Å²) < 4.78 is 6.99. The fourth-order valence-electron chi connectivity index (χ4n) is 3.90. The van der Waals surface area contributed by atoms with Crippen molar-refractivity contribution in [2.75, 3.05) is 44.5 Å². The Bertz CT molecular complexity index is 1250. The summed E-state index contributed by atoms with van der Waals surface area (Å²) >= 11 is 6.47. The summed E-state index contributed by atoms with van der Waals surface area (Å²) in [5.41, 5.74) is 5.37. The zero-order chi connectivity index (χ0) is 25.7. The maximum Gasteiger partial charge on any atom is 0.230 e. The lowest BCUT2D eigenvalue weighted by atomic mass is 10.1. The van der Waals surface area contributed by atoms with Gasteiger partial charge in [-0.3, -0.25) is 14.7 Å². The van der Waals surface area contributed by atoms with Crippen LogP contribution in [-0.2, 0) is 16.1 Å². The average molecular weight is 510 g/mol. The quantitative estimate of drug-likeness (QED) is 0.417. The second-order valence-electron chi connectivity index (χ2n) is 9.33. The van der Waals surface area contributed by atoms with E-state index in [1.54, 1.807) is 19.4 Å². The van der Waals surface area contributed by atoms with Crippen LogP contribution in [0.3, 0.4) is 0 Å². The highest BCUT2D eigenvalue weighted by molar-refractivity contribution is 6.34. The molecule has 4 rings (SSSR count). The van der Waals surface area contributed by atoms with Gasteiger partial charge in [0, 0.05) is 26.7 Å². The van der Waals surface area contributed by atoms with Gasteiger partial charge in [-0.2, -0.15) is 0 Å². The van der Waals surface area contributed by atoms with Gasteiger partial charge in [0.1, 0.15) is 0 Å². The first-order valence-corrected chi connectivity index (χ1v) is 12.3. The highest BCUT2D eigenvalue weighted by Crippen LogP contribution is 2.37. The summed E-state index contributed by atoms with van der Waals surface area (Å²) in [5, 5.41) is 15.3. The van der Waals surface area contributed by atoms with Gasteiger partial charge in [-0.15, -0.1) is 5.10 Å². The molecule has 0 radical (unpaired) electrons. The van der Waals surface area contributed by atoms with Crippen LogP contribution in [0.25, 0.3) is 5.69 Å². The van der Waals surface area contributed by atoms with Gasteiger partial charge in [-0.05, 0) is 42.8 Å². The summed E-state index contributed by atoms with van der Waals surface area (Å²) in [6.07, 6.45) is 1.91. The predicted octanol–water partition coefficient (Wildman–Crippen LogP) is 4.53. The minimum Gasteiger partial charge on any atom is -0.384 e. The summed E-state index contributed by atoms with van der Waals surface area (Å²) in [7, 11) is 3.72. The summed E-state index contributed by atoms with van der Waals surface area (Å²) in [6.45, 7) is 7.16. The maximum atomic E-state index is 12.7. The number of benzene rings is 2. The Morgan fingerprint density at radius 1 is 1.28 bits per heavy atom. The molecule has 0 fully saturated rings. The molecule has 0 aliphatic carbocycles. The van der Waals surface area contributed by atoms with E-state index in [0.717, 1.165) is 35.7 Å². The first kappa shape index (κ1) is 25.8. The number of aliphatic imine (C=N–C) groups is 1. The maximum absolute atomic E-state index is 12.7. The smallest absolute Gasteiger partial charge is 0.230 e. The van der Waals surface area contributed by atoms with Gasteiger partial charge in [0.15, 0.2) is 0 Å². The Kier molecular flexibility index (Phi) is 8.35. The number of hydrogen-bond donors (Lipinski definition) is 2. The third-order valence-corrected chi connectivity index (χ3v) is 6.11. The van der Waals surface area contributed by atoms with Crippen molar-refractivity contribution in [3.05, 3.63) is 58.9 Å². The Morgan fingerprint density at radius 3 is 2.89 bits per heavy atom. The zero-order valence-electron chi connectivity index (χ0n) is 21.1. The van der Waals surface area contributed by atoms with Gasteiger partial charge in [0.2, 0.25) is 5.91 Å². The van der Waals surface area contributed by atoms with E-state index in [-0.39, 0.29) is 12.3 Å². The van der Waals surface area contributed by atoms with E-state index in [2.05, 4.69) is 39.7 Å². The van der Waals surface area contributed by atoms with E-state index >= 15 is 0 Å². The summed E-state index contributed by atoms with van der Waals surface area (Å²) in [5.74, 6) is 0.320. The van der Waals surface area contributed by atoms with Crippen molar-refractivity contribution in [1.82, 2.24) is 19.9 Å². The number of rotatable bonds is 10. The van der Waals surface area contributed by atoms with E-state index in [0.29, 0.717) is 41.2 Å². The Balaban J connectivity index is 1.65. The number of carbonyl (C=O) groups excluding carboxylic acids is 1. The lowest BCUT2D eigenvalue weighted by Gasteiger charge is -2.16. The minimum absolute atomic E-state index is 0.141. The molecule has 2 heterocycles. The molecule has 1 aromatic heterocycles. The average Bonchev–Trinajstić information content (AvgIpc) is 3.24. The highest BCUT2D eigenvalue weighted by atomic mass is 35.5. The second-order valence-corrected chi connectivity index (χ2v) is 9.73. The molecular formula is C26H32ClN7O2. The molecule has 0 bridgehead atoms. The Labute approximate surface area is 216 Å². The first-order valence-electron chi connectivity index (χ1n) is 12.0. The lowest BCUT2D eigenvalue weighted by molar-refractivity contribution is -0.115. The molecule has 0 saturated carbocycles. The normalized spacial score (nSPS) is 13.4. The van der Waals surface area contributed by atoms with Gasteiger partial charge in [0.05, 0.1) is 58.4 Å². The van der Waals surface area contributed by atoms with Gasteiger partial charge < -0.3 is 15.4 Å². The number of ether oxygens (including phenoxy) is 1. The molecule has 0 spiro atoms. The van der Waals surface area contributed by atoms with Gasteiger partial charge in [-0.1, -0.05) is 42.8 Å². The molecule has 3 aromatic rings. The van der Waals surface area contributed by atoms with Crippen molar-refractivity contribution >= 4 is 40.3 Å². The predicted molar refractivity (Wildman–Crippen MR) is 144 cm³/mol. The van der Waals surface area contributed by atoms with E-state index in [9.17, 15) is 4.79 Å². The van der Waals surface area contributed by atoms with Crippen molar-refractivity contribution in [2.24, 2.45) is 10.9 Å². The molecule has 10 heteroatoms. The van der Waals surface area contributed by atoms with E-state index in [4.69, 9.17) is 21.3 Å². The van der Waals surface area contributed by atoms with Gasteiger partial charge in [0.25, 0.3) is 0 Å². The summed E-state index contributed by atoms with van der Waals surface area (Å²) in [6, 6.07) is 11.5. The topological polar surface area (TPSA) is 96.7 Å². The van der Waals surface area contributed by atoms with E-state index < -0.39 is 0 Å². The number of methoxy groups -OCH3 is 1. The highest BCUT2D eigenvalue weighted by Gasteiger charge is 2.20. The third-order valence-electron chi connectivity index (χ3n) is 5.80. The van der Waals surface area contributed by atoms with Crippen molar-refractivity contribution in [1.29, 1.82) is 0 Å². The Hall–Kier alpha value is -3.27. The van der Waals surface area contributed by atoms with Crippen molar-refractivity contribution in [2.45, 2.75) is 26.8 Å². The van der Waals surface area contributed by atoms with Crippen LogP contribution in [0.15, 0.2) is 47.6 Å². The van der Waals surface area contributed by atoms with Gasteiger partial charge in [-0.25, -0.2) is 4.68 Å². The van der Waals surface area contributed by atoms with Crippen LogP contribution in [0.5, 0.6) is 0 Å². The number of nitrogens with zero attached hydrogens (tertiary/aromatic N) is 5. The molecule has 0 saturated heterocycles. The standard InChI is InChI=1S/C26H32ClN7O2/c1-17(2)14-28-23-12-25-24(11-21(23)27)31-26(35)13-22(30-25)18-6-5-7-19(10-18)34-20(15-29-32-34)16-33(3)8-9-36-4/h5-7,10-12,15,17,28H,8-9,13-14,16H2,1-4H3,(H,31,35). The molecule has 9 nitrogen and oxygen atoms in total. The number of amides is 1. The van der Waals surface area contributed by atoms with Crippen LogP contribution in [-0.4, -0.2) is 65.4 Å². The SMILES string of the molecule is COCCN(C)Cc1cnnn1-c1cccc(C2=Nc3cc(NCC(C)C)c(Cl)cc3NC(=O)C2)c1. The molecule has 0 unspecified atom stereocenters. The number of nitrogens with one attached hydrogen (secondary N) is 2. The molecule has 2 N–H and O–H groups in total. The fourth-order valence-corrected chi connectivity index (χ4v) is 4.13. The molecule has 190 valence electrons. The largest absolute Gasteiger partial charge is 0.384 e. The lowest BCUT2D eigenvalue weighted by Crippen LogP contribution is -2.23. The van der Waals surface area contributed by atoms with E-state index in [1.807, 2.05) is 42.1 Å². The molecule has 1 aliphatic rings. The minimum atomic E-state index is -0.141. The van der Waals surface area contributed by atoms with Crippen LogP contribution in [0.1, 0.15) is 31.5 Å². The van der Waals surface area contributed by atoms with Crippen molar-refractivity contribution < 1.29 is 9.53 Å².